The van der Waals surface area contributed by atoms with Crippen LogP contribution in [0.4, 0.5) is 5.69 Å². The Hall–Kier alpha value is -1.58. The third-order valence-electron chi connectivity index (χ3n) is 2.98. The number of rotatable bonds is 1. The Morgan fingerprint density at radius 3 is 2.56 bits per heavy atom. The quantitative estimate of drug-likeness (QED) is 0.781. The number of hydrogen-bond acceptors (Lipinski definition) is 3. The van der Waals surface area contributed by atoms with Crippen molar-refractivity contribution in [3.05, 3.63) is 24.0 Å². The maximum absolute atomic E-state index is 12.2. The summed E-state index contributed by atoms with van der Waals surface area (Å²) in [6.07, 6.45) is 7.77. The first-order chi connectivity index (χ1) is 7.79. The predicted octanol–water partition coefficient (Wildman–Crippen LogP) is 1.68. The predicted molar refractivity (Wildman–Crippen MR) is 63.0 cm³/mol. The first-order valence-electron chi connectivity index (χ1n) is 5.78. The number of anilines is 1. The highest BCUT2D eigenvalue weighted by atomic mass is 16.2. The second-order valence-corrected chi connectivity index (χ2v) is 4.17. The minimum absolute atomic E-state index is 0.0208. The molecule has 0 radical (unpaired) electrons. The molecule has 0 aromatic carbocycles. The second kappa shape index (κ2) is 4.96. The number of hydrogen-bond donors (Lipinski definition) is 1. The van der Waals surface area contributed by atoms with Crippen LogP contribution in [0.1, 0.15) is 36.0 Å². The van der Waals surface area contributed by atoms with Crippen molar-refractivity contribution in [3.63, 3.8) is 0 Å². The van der Waals surface area contributed by atoms with Gasteiger partial charge in [0.05, 0.1) is 5.56 Å². The number of likely N-dealkylation sites (tertiary alicyclic amines) is 1. The Labute approximate surface area is 95.5 Å². The summed E-state index contributed by atoms with van der Waals surface area (Å²) in [6, 6.07) is 1.67. The number of amides is 1. The molecule has 0 unspecified atom stereocenters. The van der Waals surface area contributed by atoms with Crippen LogP contribution in [-0.4, -0.2) is 28.9 Å². The van der Waals surface area contributed by atoms with Crippen molar-refractivity contribution in [2.75, 3.05) is 18.8 Å². The van der Waals surface area contributed by atoms with E-state index in [1.807, 2.05) is 4.90 Å². The molecular weight excluding hydrogens is 202 g/mol. The summed E-state index contributed by atoms with van der Waals surface area (Å²) >= 11 is 0. The number of carbonyl (C=O) groups excluding carboxylic acids is 1. The molecule has 0 saturated carbocycles. The number of carbonyl (C=O) groups is 1. The average Bonchev–Trinajstić information content (AvgIpc) is 2.57. The van der Waals surface area contributed by atoms with Crippen LogP contribution in [0.25, 0.3) is 0 Å². The lowest BCUT2D eigenvalue weighted by Crippen LogP contribution is -2.32. The molecule has 4 nitrogen and oxygen atoms in total. The number of aromatic nitrogens is 1. The van der Waals surface area contributed by atoms with Gasteiger partial charge in [0, 0.05) is 31.2 Å². The SMILES string of the molecule is Nc1ccncc1C(=O)N1CCCCCC1. The molecule has 0 spiro atoms. The van der Waals surface area contributed by atoms with Gasteiger partial charge in [0.1, 0.15) is 0 Å². The zero-order chi connectivity index (χ0) is 11.4. The average molecular weight is 219 g/mol. The van der Waals surface area contributed by atoms with Crippen molar-refractivity contribution < 1.29 is 4.79 Å². The van der Waals surface area contributed by atoms with E-state index in [-0.39, 0.29) is 5.91 Å². The number of pyridine rings is 1. The lowest BCUT2D eigenvalue weighted by Gasteiger charge is -2.20. The van der Waals surface area contributed by atoms with E-state index in [2.05, 4.69) is 4.98 Å². The van der Waals surface area contributed by atoms with Gasteiger partial charge in [-0.3, -0.25) is 9.78 Å². The molecule has 0 atom stereocenters. The summed E-state index contributed by atoms with van der Waals surface area (Å²) in [6.45, 7) is 1.68. The van der Waals surface area contributed by atoms with Crippen LogP contribution in [-0.2, 0) is 0 Å². The lowest BCUT2D eigenvalue weighted by atomic mass is 10.2. The molecule has 2 rings (SSSR count). The molecule has 1 saturated heterocycles. The fraction of sp³-hybridized carbons (Fsp3) is 0.500. The van der Waals surface area contributed by atoms with E-state index < -0.39 is 0 Å². The number of nitrogens with zero attached hydrogens (tertiary/aromatic N) is 2. The van der Waals surface area contributed by atoms with E-state index in [4.69, 9.17) is 5.73 Å². The monoisotopic (exact) mass is 219 g/mol. The molecule has 1 aliphatic rings. The Morgan fingerprint density at radius 2 is 1.94 bits per heavy atom. The first-order valence-corrected chi connectivity index (χ1v) is 5.78. The van der Waals surface area contributed by atoms with E-state index in [0.717, 1.165) is 25.9 Å². The Kier molecular flexibility index (Phi) is 3.39. The summed E-state index contributed by atoms with van der Waals surface area (Å²) in [7, 11) is 0. The van der Waals surface area contributed by atoms with E-state index in [9.17, 15) is 4.79 Å². The summed E-state index contributed by atoms with van der Waals surface area (Å²) in [5.74, 6) is 0.0208. The van der Waals surface area contributed by atoms with Gasteiger partial charge in [0.2, 0.25) is 0 Å². The minimum Gasteiger partial charge on any atom is -0.398 e. The van der Waals surface area contributed by atoms with Gasteiger partial charge in [-0.2, -0.15) is 0 Å². The molecular formula is C12H17N3O. The highest BCUT2D eigenvalue weighted by Crippen LogP contribution is 2.16. The molecule has 16 heavy (non-hydrogen) atoms. The van der Waals surface area contributed by atoms with E-state index in [1.54, 1.807) is 18.5 Å². The lowest BCUT2D eigenvalue weighted by molar-refractivity contribution is 0.0762. The molecule has 1 aromatic heterocycles. The minimum atomic E-state index is 0.0208. The standard InChI is InChI=1S/C12H17N3O/c13-11-5-6-14-9-10(11)12(16)15-7-3-1-2-4-8-15/h5-6,9H,1-4,7-8H2,(H2,13,14). The van der Waals surface area contributed by atoms with Gasteiger partial charge in [-0.05, 0) is 18.9 Å². The molecule has 86 valence electrons. The van der Waals surface area contributed by atoms with E-state index in [1.165, 1.54) is 12.8 Å². The van der Waals surface area contributed by atoms with Crippen LogP contribution >= 0.6 is 0 Å². The van der Waals surface area contributed by atoms with Crippen molar-refractivity contribution >= 4 is 11.6 Å². The van der Waals surface area contributed by atoms with Gasteiger partial charge >= 0.3 is 0 Å². The van der Waals surface area contributed by atoms with Gasteiger partial charge in [-0.25, -0.2) is 0 Å². The molecule has 1 amide bonds. The molecule has 1 aromatic rings. The fourth-order valence-electron chi connectivity index (χ4n) is 2.03. The maximum atomic E-state index is 12.2. The van der Waals surface area contributed by atoms with Crippen LogP contribution in [0.5, 0.6) is 0 Å². The maximum Gasteiger partial charge on any atom is 0.257 e. The van der Waals surface area contributed by atoms with Gasteiger partial charge in [-0.1, -0.05) is 12.8 Å². The van der Waals surface area contributed by atoms with Crippen molar-refractivity contribution in [1.29, 1.82) is 0 Å². The van der Waals surface area contributed by atoms with Crippen molar-refractivity contribution in [2.45, 2.75) is 25.7 Å². The number of nitrogens with two attached hydrogens (primary N) is 1. The Morgan fingerprint density at radius 1 is 1.25 bits per heavy atom. The topological polar surface area (TPSA) is 59.2 Å². The molecule has 0 aliphatic carbocycles. The van der Waals surface area contributed by atoms with Gasteiger partial charge in [0.15, 0.2) is 0 Å². The summed E-state index contributed by atoms with van der Waals surface area (Å²) in [5.41, 5.74) is 6.83. The fourth-order valence-corrected chi connectivity index (χ4v) is 2.03. The number of nitrogen functional groups attached to an aromatic ring is 1. The highest BCUT2D eigenvalue weighted by molar-refractivity contribution is 5.98. The zero-order valence-corrected chi connectivity index (χ0v) is 9.35. The largest absolute Gasteiger partial charge is 0.398 e. The van der Waals surface area contributed by atoms with Gasteiger partial charge in [0.25, 0.3) is 5.91 Å². The molecule has 1 fully saturated rings. The highest BCUT2D eigenvalue weighted by Gasteiger charge is 2.18. The van der Waals surface area contributed by atoms with Crippen LogP contribution in [0.2, 0.25) is 0 Å². The summed E-state index contributed by atoms with van der Waals surface area (Å²) < 4.78 is 0. The Balaban J connectivity index is 2.14. The summed E-state index contributed by atoms with van der Waals surface area (Å²) in [4.78, 5) is 18.0. The first kappa shape index (κ1) is 10.9. The second-order valence-electron chi connectivity index (χ2n) is 4.17. The molecule has 0 bridgehead atoms. The van der Waals surface area contributed by atoms with Gasteiger partial charge < -0.3 is 10.6 Å². The van der Waals surface area contributed by atoms with Crippen LogP contribution in [0.3, 0.4) is 0 Å². The molecule has 1 aliphatic heterocycles. The Bertz CT molecular complexity index is 370. The van der Waals surface area contributed by atoms with E-state index >= 15 is 0 Å². The zero-order valence-electron chi connectivity index (χ0n) is 9.35. The van der Waals surface area contributed by atoms with Crippen LogP contribution in [0.15, 0.2) is 18.5 Å². The van der Waals surface area contributed by atoms with Crippen LogP contribution < -0.4 is 5.73 Å². The third kappa shape index (κ3) is 2.32. The smallest absolute Gasteiger partial charge is 0.257 e. The van der Waals surface area contributed by atoms with Crippen LogP contribution in [0, 0.1) is 0 Å². The van der Waals surface area contributed by atoms with E-state index in [0.29, 0.717) is 11.3 Å². The summed E-state index contributed by atoms with van der Waals surface area (Å²) in [5, 5.41) is 0. The third-order valence-corrected chi connectivity index (χ3v) is 2.98. The van der Waals surface area contributed by atoms with Crippen molar-refractivity contribution in [1.82, 2.24) is 9.88 Å². The van der Waals surface area contributed by atoms with Crippen molar-refractivity contribution in [3.8, 4) is 0 Å². The normalized spacial score (nSPS) is 16.9. The molecule has 2 heterocycles. The molecule has 2 N–H and O–H groups in total. The molecule has 4 heteroatoms. The van der Waals surface area contributed by atoms with Gasteiger partial charge in [-0.15, -0.1) is 0 Å². The van der Waals surface area contributed by atoms with Crippen molar-refractivity contribution in [2.24, 2.45) is 0 Å².